The lowest BCUT2D eigenvalue weighted by atomic mass is 10.2. The molecule has 0 bridgehead atoms. The van der Waals surface area contributed by atoms with Crippen molar-refractivity contribution >= 4 is 34.3 Å². The summed E-state index contributed by atoms with van der Waals surface area (Å²) in [6.45, 7) is 4.57. The van der Waals surface area contributed by atoms with E-state index in [9.17, 15) is 0 Å². The van der Waals surface area contributed by atoms with E-state index in [4.69, 9.17) is 11.6 Å². The number of hydrogen-bond donors (Lipinski definition) is 1. The lowest BCUT2D eigenvalue weighted by Gasteiger charge is -2.17. The van der Waals surface area contributed by atoms with Crippen LogP contribution < -0.4 is 5.01 Å². The zero-order valence-electron chi connectivity index (χ0n) is 12.5. The number of benzene rings is 2. The lowest BCUT2D eigenvalue weighted by molar-refractivity contribution is 0.821. The Labute approximate surface area is 134 Å². The Morgan fingerprint density at radius 3 is 2.55 bits per heavy atom. The summed E-state index contributed by atoms with van der Waals surface area (Å²) in [6, 6.07) is 15.7. The molecule has 0 atom stereocenters. The third-order valence-corrected chi connectivity index (χ3v) is 3.44. The second kappa shape index (κ2) is 6.20. The van der Waals surface area contributed by atoms with Gasteiger partial charge in [0.15, 0.2) is 0 Å². The molecule has 22 heavy (non-hydrogen) atoms. The maximum Gasteiger partial charge on any atom is 0.225 e. The van der Waals surface area contributed by atoms with Gasteiger partial charge in [0.25, 0.3) is 0 Å². The smallest absolute Gasteiger partial charge is 0.225 e. The van der Waals surface area contributed by atoms with Crippen molar-refractivity contribution in [2.75, 3.05) is 5.01 Å². The van der Waals surface area contributed by atoms with Gasteiger partial charge >= 0.3 is 0 Å². The van der Waals surface area contributed by atoms with Crippen molar-refractivity contribution in [3.63, 3.8) is 0 Å². The molecule has 0 aliphatic heterocycles. The Morgan fingerprint density at radius 1 is 1.14 bits per heavy atom. The summed E-state index contributed by atoms with van der Waals surface area (Å²) in [5.41, 5.74) is 4.02. The largest absolute Gasteiger partial charge is 0.323 e. The molecule has 0 unspecified atom stereocenters. The van der Waals surface area contributed by atoms with Crippen molar-refractivity contribution in [1.29, 1.82) is 0 Å². The molecule has 0 amide bonds. The van der Waals surface area contributed by atoms with Gasteiger partial charge < -0.3 is 4.98 Å². The fourth-order valence-electron chi connectivity index (χ4n) is 2.22. The van der Waals surface area contributed by atoms with Crippen molar-refractivity contribution in [2.45, 2.75) is 20.4 Å². The van der Waals surface area contributed by atoms with Gasteiger partial charge in [0.05, 0.1) is 17.6 Å². The molecule has 0 saturated carbocycles. The number of halogens is 1. The number of anilines is 1. The molecule has 3 aromatic rings. The summed E-state index contributed by atoms with van der Waals surface area (Å²) in [7, 11) is 0. The molecule has 2 aromatic carbocycles. The quantitative estimate of drug-likeness (QED) is 0.564. The normalized spacial score (nSPS) is 10.7. The van der Waals surface area contributed by atoms with E-state index >= 15 is 0 Å². The highest BCUT2D eigenvalue weighted by Gasteiger charge is 2.11. The van der Waals surface area contributed by atoms with E-state index in [0.717, 1.165) is 33.3 Å². The van der Waals surface area contributed by atoms with Gasteiger partial charge in [-0.25, -0.2) is 9.99 Å². The highest BCUT2D eigenvalue weighted by molar-refractivity contribution is 6.30. The lowest BCUT2D eigenvalue weighted by Crippen LogP contribution is -2.18. The predicted molar refractivity (Wildman–Crippen MR) is 92.5 cm³/mol. The molecule has 0 fully saturated rings. The standard InChI is InChI=1S/C17H17ClN4/c1-12(2)21-22(11-13-7-9-14(18)10-8-13)17-19-15-5-3-4-6-16(15)20-17/h3-10H,11H2,1-2H3,(H,19,20). The van der Waals surface area contributed by atoms with Crippen LogP contribution in [-0.2, 0) is 6.54 Å². The number of hydrogen-bond acceptors (Lipinski definition) is 3. The number of aromatic amines is 1. The van der Waals surface area contributed by atoms with Gasteiger partial charge in [-0.1, -0.05) is 35.9 Å². The number of para-hydroxylation sites is 2. The SMILES string of the molecule is CC(C)=NN(Cc1ccc(Cl)cc1)c1nc2ccccc2[nH]1. The Bertz CT molecular complexity index is 768. The highest BCUT2D eigenvalue weighted by Crippen LogP contribution is 2.20. The van der Waals surface area contributed by atoms with Crippen molar-refractivity contribution in [3.8, 4) is 0 Å². The van der Waals surface area contributed by atoms with E-state index in [1.165, 1.54) is 0 Å². The van der Waals surface area contributed by atoms with Crippen LogP contribution in [0.25, 0.3) is 11.0 Å². The third-order valence-electron chi connectivity index (χ3n) is 3.19. The molecule has 5 heteroatoms. The van der Waals surface area contributed by atoms with Gasteiger partial charge in [-0.3, -0.25) is 0 Å². The number of hydrazone groups is 1. The number of fused-ring (bicyclic) bond motifs is 1. The molecular weight excluding hydrogens is 296 g/mol. The average Bonchev–Trinajstić information content (AvgIpc) is 2.92. The predicted octanol–water partition coefficient (Wildman–Crippen LogP) is 4.62. The number of nitrogens with one attached hydrogen (secondary N) is 1. The molecule has 112 valence electrons. The van der Waals surface area contributed by atoms with Crippen LogP contribution in [0.2, 0.25) is 5.02 Å². The molecule has 1 heterocycles. The van der Waals surface area contributed by atoms with Crippen LogP contribution in [0, 0.1) is 0 Å². The number of nitrogens with zero attached hydrogens (tertiary/aromatic N) is 3. The van der Waals surface area contributed by atoms with Crippen LogP contribution in [-0.4, -0.2) is 15.7 Å². The molecule has 0 spiro atoms. The maximum atomic E-state index is 5.94. The average molecular weight is 313 g/mol. The molecule has 1 N–H and O–H groups in total. The van der Waals surface area contributed by atoms with E-state index in [-0.39, 0.29) is 0 Å². The van der Waals surface area contributed by atoms with Gasteiger partial charge in [-0.05, 0) is 43.7 Å². The molecule has 0 aliphatic carbocycles. The van der Waals surface area contributed by atoms with Crippen LogP contribution in [0.1, 0.15) is 19.4 Å². The first kappa shape index (κ1) is 14.6. The van der Waals surface area contributed by atoms with Gasteiger partial charge in [0.2, 0.25) is 5.95 Å². The number of aromatic nitrogens is 2. The van der Waals surface area contributed by atoms with Crippen molar-refractivity contribution < 1.29 is 0 Å². The summed E-state index contributed by atoms with van der Waals surface area (Å²) >= 11 is 5.94. The number of rotatable bonds is 4. The van der Waals surface area contributed by atoms with Crippen LogP contribution >= 0.6 is 11.6 Å². The Kier molecular flexibility index (Phi) is 4.11. The van der Waals surface area contributed by atoms with Gasteiger partial charge in [0.1, 0.15) is 0 Å². The van der Waals surface area contributed by atoms with Crippen LogP contribution in [0.5, 0.6) is 0 Å². The van der Waals surface area contributed by atoms with Crippen molar-refractivity contribution in [1.82, 2.24) is 9.97 Å². The molecule has 0 aliphatic rings. The monoisotopic (exact) mass is 312 g/mol. The Balaban J connectivity index is 1.95. The molecule has 4 nitrogen and oxygen atoms in total. The summed E-state index contributed by atoms with van der Waals surface area (Å²) in [6.07, 6.45) is 0. The fourth-order valence-corrected chi connectivity index (χ4v) is 2.35. The van der Waals surface area contributed by atoms with Crippen LogP contribution in [0.15, 0.2) is 53.6 Å². The molecular formula is C17H17ClN4. The van der Waals surface area contributed by atoms with Gasteiger partial charge in [-0.2, -0.15) is 5.10 Å². The van der Waals surface area contributed by atoms with E-state index in [0.29, 0.717) is 6.54 Å². The summed E-state index contributed by atoms with van der Waals surface area (Å²) < 4.78 is 0. The van der Waals surface area contributed by atoms with E-state index < -0.39 is 0 Å². The maximum absolute atomic E-state index is 5.94. The Hall–Kier alpha value is -2.33. The van der Waals surface area contributed by atoms with E-state index in [1.54, 1.807) is 0 Å². The van der Waals surface area contributed by atoms with E-state index in [2.05, 4.69) is 15.1 Å². The zero-order chi connectivity index (χ0) is 15.5. The number of imidazole rings is 1. The van der Waals surface area contributed by atoms with Crippen molar-refractivity contribution in [3.05, 3.63) is 59.1 Å². The molecule has 0 radical (unpaired) electrons. The first-order chi connectivity index (χ1) is 10.6. The second-order valence-electron chi connectivity index (χ2n) is 5.31. The third kappa shape index (κ3) is 3.28. The first-order valence-corrected chi connectivity index (χ1v) is 7.48. The summed E-state index contributed by atoms with van der Waals surface area (Å²) in [5.74, 6) is 0.734. The molecule has 3 rings (SSSR count). The van der Waals surface area contributed by atoms with Crippen LogP contribution in [0.4, 0.5) is 5.95 Å². The summed E-state index contributed by atoms with van der Waals surface area (Å²) in [5, 5.41) is 7.19. The topological polar surface area (TPSA) is 44.3 Å². The van der Waals surface area contributed by atoms with Gasteiger partial charge in [-0.15, -0.1) is 0 Å². The highest BCUT2D eigenvalue weighted by atomic mass is 35.5. The van der Waals surface area contributed by atoms with Gasteiger partial charge in [0, 0.05) is 10.7 Å². The minimum Gasteiger partial charge on any atom is -0.323 e. The van der Waals surface area contributed by atoms with Crippen LogP contribution in [0.3, 0.4) is 0 Å². The fraction of sp³-hybridized carbons (Fsp3) is 0.176. The second-order valence-corrected chi connectivity index (χ2v) is 5.75. The molecule has 1 aromatic heterocycles. The van der Waals surface area contributed by atoms with Crippen molar-refractivity contribution in [2.24, 2.45) is 5.10 Å². The summed E-state index contributed by atoms with van der Waals surface area (Å²) in [4.78, 5) is 7.93. The molecule has 0 saturated heterocycles. The first-order valence-electron chi connectivity index (χ1n) is 7.10. The zero-order valence-corrected chi connectivity index (χ0v) is 13.3. The minimum atomic E-state index is 0.627. The van der Waals surface area contributed by atoms with E-state index in [1.807, 2.05) is 67.4 Å². The minimum absolute atomic E-state index is 0.627. The number of H-pyrrole nitrogens is 1. The Morgan fingerprint density at radius 2 is 1.86 bits per heavy atom.